The lowest BCUT2D eigenvalue weighted by Crippen LogP contribution is -2.36. The standard InChI is InChI=1S/C17H24N4S/c1-3-14-6-8-15(9-7-14)16-18-17(22)21(19-16)12-20-10-4-5-13(2)11-20/h6-9,13H,3-5,10-12H2,1-2H3,(H,18,19,22)/t13-/m0/s1. The van der Waals surface area contributed by atoms with Gasteiger partial charge in [-0.2, -0.15) is 4.98 Å². The average Bonchev–Trinajstić information content (AvgIpc) is 2.88. The van der Waals surface area contributed by atoms with E-state index in [1.807, 2.05) is 4.68 Å². The summed E-state index contributed by atoms with van der Waals surface area (Å²) in [5.74, 6) is 1.63. The SMILES string of the molecule is CCc1ccc(-c2nc(=S)n(CN3CCC[C@H](C)C3)[nH]2)cc1. The fourth-order valence-corrected chi connectivity index (χ4v) is 3.29. The summed E-state index contributed by atoms with van der Waals surface area (Å²) in [6.45, 7) is 7.58. The highest BCUT2D eigenvalue weighted by atomic mass is 32.1. The third kappa shape index (κ3) is 3.47. The first-order chi connectivity index (χ1) is 10.7. The Hall–Kier alpha value is -1.46. The molecule has 0 radical (unpaired) electrons. The molecular formula is C17H24N4S. The summed E-state index contributed by atoms with van der Waals surface area (Å²) in [5, 5.41) is 3.36. The Morgan fingerprint density at radius 1 is 1.32 bits per heavy atom. The lowest BCUT2D eigenvalue weighted by atomic mass is 10.0. The summed E-state index contributed by atoms with van der Waals surface area (Å²) >= 11 is 5.41. The maximum Gasteiger partial charge on any atom is 0.217 e. The molecule has 0 spiro atoms. The molecule has 1 fully saturated rings. The van der Waals surface area contributed by atoms with Gasteiger partial charge in [-0.15, -0.1) is 0 Å². The van der Waals surface area contributed by atoms with Gasteiger partial charge in [-0.3, -0.25) is 10.00 Å². The van der Waals surface area contributed by atoms with Crippen LogP contribution in [0.4, 0.5) is 0 Å². The van der Waals surface area contributed by atoms with Crippen molar-refractivity contribution in [3.05, 3.63) is 34.6 Å². The lowest BCUT2D eigenvalue weighted by Gasteiger charge is -2.30. The fraction of sp³-hybridized carbons (Fsp3) is 0.529. The molecule has 0 saturated carbocycles. The van der Waals surface area contributed by atoms with Crippen molar-refractivity contribution >= 4 is 12.2 Å². The van der Waals surface area contributed by atoms with Gasteiger partial charge in [-0.1, -0.05) is 38.1 Å². The number of likely N-dealkylation sites (tertiary alicyclic amines) is 1. The molecule has 2 aromatic rings. The van der Waals surface area contributed by atoms with Crippen molar-refractivity contribution in [1.82, 2.24) is 19.7 Å². The minimum atomic E-state index is 0.632. The first-order valence-electron chi connectivity index (χ1n) is 8.14. The summed E-state index contributed by atoms with van der Waals surface area (Å²) < 4.78 is 2.61. The summed E-state index contributed by atoms with van der Waals surface area (Å²) in [6.07, 6.45) is 3.66. The van der Waals surface area contributed by atoms with E-state index in [0.717, 1.165) is 43.5 Å². The highest BCUT2D eigenvalue weighted by molar-refractivity contribution is 7.71. The smallest absolute Gasteiger partial charge is 0.217 e. The molecule has 1 aliphatic heterocycles. The number of nitrogens with zero attached hydrogens (tertiary/aromatic N) is 3. The molecule has 4 nitrogen and oxygen atoms in total. The van der Waals surface area contributed by atoms with Gasteiger partial charge < -0.3 is 0 Å². The predicted octanol–water partition coefficient (Wildman–Crippen LogP) is 3.86. The molecule has 118 valence electrons. The van der Waals surface area contributed by atoms with E-state index in [9.17, 15) is 0 Å². The Labute approximate surface area is 137 Å². The molecule has 1 atom stereocenters. The fourth-order valence-electron chi connectivity index (χ4n) is 3.10. The second kappa shape index (κ2) is 6.75. The Kier molecular flexibility index (Phi) is 4.74. The van der Waals surface area contributed by atoms with Crippen molar-refractivity contribution in [3.8, 4) is 11.4 Å². The van der Waals surface area contributed by atoms with Crippen molar-refractivity contribution in [2.24, 2.45) is 5.92 Å². The highest BCUT2D eigenvalue weighted by Crippen LogP contribution is 2.18. The van der Waals surface area contributed by atoms with Crippen LogP contribution in [0.5, 0.6) is 0 Å². The van der Waals surface area contributed by atoms with Gasteiger partial charge >= 0.3 is 0 Å². The van der Waals surface area contributed by atoms with Crippen molar-refractivity contribution < 1.29 is 0 Å². The van der Waals surface area contributed by atoms with Crippen LogP contribution in [0, 0.1) is 10.7 Å². The molecule has 1 aromatic carbocycles. The number of piperidine rings is 1. The number of aromatic amines is 1. The number of H-pyrrole nitrogens is 1. The van der Waals surface area contributed by atoms with Crippen molar-refractivity contribution in [3.63, 3.8) is 0 Å². The van der Waals surface area contributed by atoms with Crippen LogP contribution in [-0.2, 0) is 13.1 Å². The second-order valence-corrected chi connectivity index (χ2v) is 6.66. The van der Waals surface area contributed by atoms with Gasteiger partial charge in [-0.25, -0.2) is 4.68 Å². The summed E-state index contributed by atoms with van der Waals surface area (Å²) in [5.41, 5.74) is 2.43. The normalized spacial score (nSPS) is 19.5. The molecule has 5 heteroatoms. The zero-order valence-electron chi connectivity index (χ0n) is 13.4. The van der Waals surface area contributed by atoms with Gasteiger partial charge in [0, 0.05) is 12.1 Å². The molecular weight excluding hydrogens is 292 g/mol. The summed E-state index contributed by atoms with van der Waals surface area (Å²) in [4.78, 5) is 6.97. The Morgan fingerprint density at radius 3 is 2.77 bits per heavy atom. The monoisotopic (exact) mass is 316 g/mol. The maximum atomic E-state index is 5.41. The molecule has 0 bridgehead atoms. The van der Waals surface area contributed by atoms with E-state index in [0.29, 0.717) is 4.77 Å². The number of nitrogens with one attached hydrogen (secondary N) is 1. The number of aryl methyl sites for hydroxylation is 1. The van der Waals surface area contributed by atoms with Crippen molar-refractivity contribution in [1.29, 1.82) is 0 Å². The van der Waals surface area contributed by atoms with Crippen LogP contribution in [0.1, 0.15) is 32.3 Å². The van der Waals surface area contributed by atoms with Gasteiger partial charge in [-0.05, 0) is 49.5 Å². The second-order valence-electron chi connectivity index (χ2n) is 6.30. The minimum Gasteiger partial charge on any atom is -0.284 e. The van der Waals surface area contributed by atoms with Crippen molar-refractivity contribution in [2.45, 2.75) is 39.8 Å². The zero-order valence-corrected chi connectivity index (χ0v) is 14.2. The third-order valence-electron chi connectivity index (χ3n) is 4.40. The van der Waals surface area contributed by atoms with Crippen LogP contribution in [0.15, 0.2) is 24.3 Å². The van der Waals surface area contributed by atoms with E-state index in [4.69, 9.17) is 12.2 Å². The van der Waals surface area contributed by atoms with Gasteiger partial charge in [0.05, 0.1) is 6.67 Å². The molecule has 0 amide bonds. The molecule has 2 heterocycles. The van der Waals surface area contributed by atoms with E-state index < -0.39 is 0 Å². The first kappa shape index (κ1) is 15.4. The molecule has 1 saturated heterocycles. The highest BCUT2D eigenvalue weighted by Gasteiger charge is 2.17. The number of rotatable bonds is 4. The molecule has 0 unspecified atom stereocenters. The van der Waals surface area contributed by atoms with Crippen LogP contribution >= 0.6 is 12.2 Å². The molecule has 3 rings (SSSR count). The number of aromatic nitrogens is 3. The molecule has 1 aliphatic rings. The minimum absolute atomic E-state index is 0.632. The number of hydrogen-bond donors (Lipinski definition) is 1. The van der Waals surface area contributed by atoms with Crippen LogP contribution in [-0.4, -0.2) is 32.8 Å². The maximum absolute atomic E-state index is 5.41. The van der Waals surface area contributed by atoms with Crippen LogP contribution < -0.4 is 0 Å². The van der Waals surface area contributed by atoms with E-state index in [2.05, 4.69) is 53.1 Å². The average molecular weight is 316 g/mol. The quantitative estimate of drug-likeness (QED) is 0.870. The summed E-state index contributed by atoms with van der Waals surface area (Å²) in [6, 6.07) is 8.52. The largest absolute Gasteiger partial charge is 0.284 e. The van der Waals surface area contributed by atoms with Gasteiger partial charge in [0.2, 0.25) is 4.77 Å². The molecule has 22 heavy (non-hydrogen) atoms. The van der Waals surface area contributed by atoms with Gasteiger partial charge in [0.25, 0.3) is 0 Å². The molecule has 0 aliphatic carbocycles. The Bertz CT molecular complexity index is 671. The molecule has 1 aromatic heterocycles. The van der Waals surface area contributed by atoms with Gasteiger partial charge in [0.1, 0.15) is 0 Å². The first-order valence-corrected chi connectivity index (χ1v) is 8.55. The van der Waals surface area contributed by atoms with Crippen LogP contribution in [0.3, 0.4) is 0 Å². The van der Waals surface area contributed by atoms with Crippen LogP contribution in [0.25, 0.3) is 11.4 Å². The van der Waals surface area contributed by atoms with Crippen LogP contribution in [0.2, 0.25) is 0 Å². The predicted molar refractivity (Wildman–Crippen MR) is 92.2 cm³/mol. The third-order valence-corrected chi connectivity index (χ3v) is 4.71. The van der Waals surface area contributed by atoms with Gasteiger partial charge in [0.15, 0.2) is 5.82 Å². The van der Waals surface area contributed by atoms with E-state index in [1.54, 1.807) is 0 Å². The number of benzene rings is 1. The van der Waals surface area contributed by atoms with E-state index in [1.165, 1.54) is 18.4 Å². The van der Waals surface area contributed by atoms with E-state index >= 15 is 0 Å². The Morgan fingerprint density at radius 2 is 2.09 bits per heavy atom. The lowest BCUT2D eigenvalue weighted by molar-refractivity contribution is 0.138. The number of hydrogen-bond acceptors (Lipinski definition) is 3. The molecule has 1 N–H and O–H groups in total. The topological polar surface area (TPSA) is 36.9 Å². The Balaban J connectivity index is 1.76. The van der Waals surface area contributed by atoms with E-state index in [-0.39, 0.29) is 0 Å². The van der Waals surface area contributed by atoms with Crippen molar-refractivity contribution in [2.75, 3.05) is 13.1 Å². The zero-order chi connectivity index (χ0) is 15.5. The summed E-state index contributed by atoms with van der Waals surface area (Å²) in [7, 11) is 0.